The molecule has 0 radical (unpaired) electrons. The van der Waals surface area contributed by atoms with Crippen LogP contribution in [0.15, 0.2) is 18.6 Å². The van der Waals surface area contributed by atoms with Gasteiger partial charge in [0.2, 0.25) is 0 Å². The molecular weight excluding hydrogens is 172 g/mol. The summed E-state index contributed by atoms with van der Waals surface area (Å²) in [4.78, 5) is 10.7. The van der Waals surface area contributed by atoms with Gasteiger partial charge in [0.1, 0.15) is 0 Å². The van der Waals surface area contributed by atoms with Crippen LogP contribution in [0.25, 0.3) is 11.1 Å². The number of nitrogens with zero attached hydrogens (tertiary/aromatic N) is 2. The number of aromatic amines is 2. The molecule has 0 unspecified atom stereocenters. The first kappa shape index (κ1) is 7.53. The maximum Gasteiger partial charge on any atom is 0.357 e. The average molecular weight is 178 g/mol. The minimum atomic E-state index is -1.06. The van der Waals surface area contributed by atoms with Gasteiger partial charge < -0.3 is 5.11 Å². The first-order valence-electron chi connectivity index (χ1n) is 3.55. The summed E-state index contributed by atoms with van der Waals surface area (Å²) in [6, 6.07) is 0. The second-order valence-corrected chi connectivity index (χ2v) is 2.44. The number of nitrogens with one attached hydrogen (secondary N) is 2. The zero-order valence-corrected chi connectivity index (χ0v) is 6.48. The molecule has 0 atom stereocenters. The van der Waals surface area contributed by atoms with Crippen LogP contribution < -0.4 is 0 Å². The van der Waals surface area contributed by atoms with Gasteiger partial charge in [-0.05, 0) is 0 Å². The van der Waals surface area contributed by atoms with Gasteiger partial charge in [0.15, 0.2) is 5.69 Å². The molecule has 0 bridgehead atoms. The van der Waals surface area contributed by atoms with Crippen LogP contribution in [0.5, 0.6) is 0 Å². The lowest BCUT2D eigenvalue weighted by molar-refractivity contribution is 0.0691. The van der Waals surface area contributed by atoms with Crippen molar-refractivity contribution < 1.29 is 9.90 Å². The zero-order chi connectivity index (χ0) is 9.26. The van der Waals surface area contributed by atoms with Crippen molar-refractivity contribution in [2.45, 2.75) is 0 Å². The van der Waals surface area contributed by atoms with Crippen LogP contribution >= 0.6 is 0 Å². The molecule has 6 heteroatoms. The second-order valence-electron chi connectivity index (χ2n) is 2.44. The third-order valence-corrected chi connectivity index (χ3v) is 1.65. The topological polar surface area (TPSA) is 94.7 Å². The Bertz CT molecular complexity index is 417. The maximum atomic E-state index is 10.7. The lowest BCUT2D eigenvalue weighted by Gasteiger charge is -1.91. The second kappa shape index (κ2) is 2.74. The summed E-state index contributed by atoms with van der Waals surface area (Å²) >= 11 is 0. The van der Waals surface area contributed by atoms with Gasteiger partial charge in [0.25, 0.3) is 0 Å². The number of carboxylic acid groups (broad SMARTS) is 1. The Morgan fingerprint density at radius 3 is 2.85 bits per heavy atom. The van der Waals surface area contributed by atoms with E-state index in [2.05, 4.69) is 20.4 Å². The Hall–Kier alpha value is -2.11. The van der Waals surface area contributed by atoms with E-state index in [-0.39, 0.29) is 5.69 Å². The van der Waals surface area contributed by atoms with E-state index in [1.807, 2.05) is 0 Å². The molecule has 0 aromatic carbocycles. The van der Waals surface area contributed by atoms with Gasteiger partial charge >= 0.3 is 5.97 Å². The van der Waals surface area contributed by atoms with Crippen LogP contribution in [0.3, 0.4) is 0 Å². The van der Waals surface area contributed by atoms with Crippen LogP contribution in [0.4, 0.5) is 0 Å². The van der Waals surface area contributed by atoms with Crippen molar-refractivity contribution >= 4 is 5.97 Å². The maximum absolute atomic E-state index is 10.7. The third-order valence-electron chi connectivity index (χ3n) is 1.65. The van der Waals surface area contributed by atoms with E-state index in [1.165, 1.54) is 12.4 Å². The van der Waals surface area contributed by atoms with Gasteiger partial charge in [-0.15, -0.1) is 0 Å². The monoisotopic (exact) mass is 178 g/mol. The van der Waals surface area contributed by atoms with Gasteiger partial charge in [-0.2, -0.15) is 10.2 Å². The fraction of sp³-hybridized carbons (Fsp3) is 0. The summed E-state index contributed by atoms with van der Waals surface area (Å²) in [6.07, 6.45) is 4.67. The molecule has 0 saturated carbocycles. The minimum Gasteiger partial charge on any atom is -0.476 e. The Morgan fingerprint density at radius 2 is 2.23 bits per heavy atom. The fourth-order valence-electron chi connectivity index (χ4n) is 1.07. The molecule has 0 saturated heterocycles. The predicted molar refractivity (Wildman–Crippen MR) is 43.1 cm³/mol. The highest BCUT2D eigenvalue weighted by molar-refractivity contribution is 5.93. The lowest BCUT2D eigenvalue weighted by Crippen LogP contribution is -1.98. The van der Waals surface area contributed by atoms with Gasteiger partial charge in [0, 0.05) is 23.5 Å². The Morgan fingerprint density at radius 1 is 1.38 bits per heavy atom. The minimum absolute atomic E-state index is 0.00130. The van der Waals surface area contributed by atoms with Crippen molar-refractivity contribution in [1.29, 1.82) is 0 Å². The van der Waals surface area contributed by atoms with E-state index in [9.17, 15) is 4.79 Å². The van der Waals surface area contributed by atoms with E-state index in [4.69, 9.17) is 5.11 Å². The van der Waals surface area contributed by atoms with Crippen molar-refractivity contribution in [3.8, 4) is 11.1 Å². The smallest absolute Gasteiger partial charge is 0.357 e. The summed E-state index contributed by atoms with van der Waals surface area (Å²) in [7, 11) is 0. The summed E-state index contributed by atoms with van der Waals surface area (Å²) in [5, 5.41) is 21.2. The quantitative estimate of drug-likeness (QED) is 0.623. The molecule has 2 heterocycles. The number of rotatable bonds is 2. The number of aromatic nitrogens is 4. The van der Waals surface area contributed by atoms with E-state index in [0.717, 1.165) is 0 Å². The zero-order valence-electron chi connectivity index (χ0n) is 6.48. The lowest BCUT2D eigenvalue weighted by atomic mass is 10.1. The first-order valence-corrected chi connectivity index (χ1v) is 3.55. The summed E-state index contributed by atoms with van der Waals surface area (Å²) in [5.41, 5.74) is 1.23. The molecular formula is C7H6N4O2. The molecule has 6 nitrogen and oxygen atoms in total. The largest absolute Gasteiger partial charge is 0.476 e. The van der Waals surface area contributed by atoms with E-state index in [0.29, 0.717) is 11.1 Å². The molecule has 2 aromatic heterocycles. The van der Waals surface area contributed by atoms with Crippen molar-refractivity contribution in [1.82, 2.24) is 20.4 Å². The third kappa shape index (κ3) is 1.18. The first-order chi connectivity index (χ1) is 6.29. The molecule has 2 rings (SSSR count). The molecule has 13 heavy (non-hydrogen) atoms. The van der Waals surface area contributed by atoms with Gasteiger partial charge in [-0.25, -0.2) is 4.79 Å². The summed E-state index contributed by atoms with van der Waals surface area (Å²) < 4.78 is 0. The molecule has 3 N–H and O–H groups in total. The summed E-state index contributed by atoms with van der Waals surface area (Å²) in [5.74, 6) is -1.06. The fourth-order valence-corrected chi connectivity index (χ4v) is 1.07. The van der Waals surface area contributed by atoms with E-state index in [1.54, 1.807) is 6.20 Å². The molecule has 0 aliphatic heterocycles. The summed E-state index contributed by atoms with van der Waals surface area (Å²) in [6.45, 7) is 0. The molecule has 0 spiro atoms. The Balaban J connectivity index is 2.52. The Labute approximate surface area is 72.6 Å². The molecule has 0 fully saturated rings. The molecule has 0 amide bonds. The van der Waals surface area contributed by atoms with E-state index >= 15 is 0 Å². The Kier molecular flexibility index (Phi) is 1.59. The highest BCUT2D eigenvalue weighted by atomic mass is 16.4. The van der Waals surface area contributed by atoms with Gasteiger partial charge in [-0.3, -0.25) is 10.2 Å². The highest BCUT2D eigenvalue weighted by Crippen LogP contribution is 2.19. The van der Waals surface area contributed by atoms with Crippen LogP contribution in [0.1, 0.15) is 10.5 Å². The van der Waals surface area contributed by atoms with Crippen LogP contribution in [-0.4, -0.2) is 31.5 Å². The molecule has 0 aliphatic carbocycles. The standard InChI is InChI=1S/C7H6N4O2/c12-7(13)6-5(3-10-11-6)4-1-8-9-2-4/h1-3H,(H,8,9)(H,10,11)(H,12,13). The van der Waals surface area contributed by atoms with Crippen LogP contribution in [0.2, 0.25) is 0 Å². The predicted octanol–water partition coefficient (Wildman–Crippen LogP) is 0.498. The average Bonchev–Trinajstić information content (AvgIpc) is 2.74. The number of hydrogen-bond acceptors (Lipinski definition) is 3. The normalized spacial score (nSPS) is 10.2. The number of carboxylic acids is 1. The SMILES string of the molecule is O=C(O)c1n[nH]cc1-c1cn[nH]c1. The van der Waals surface area contributed by atoms with Crippen LogP contribution in [-0.2, 0) is 0 Å². The van der Waals surface area contributed by atoms with Crippen molar-refractivity contribution in [2.24, 2.45) is 0 Å². The van der Waals surface area contributed by atoms with Gasteiger partial charge in [0.05, 0.1) is 6.20 Å². The van der Waals surface area contributed by atoms with Gasteiger partial charge in [-0.1, -0.05) is 0 Å². The number of aromatic carboxylic acids is 1. The molecule has 0 aliphatic rings. The highest BCUT2D eigenvalue weighted by Gasteiger charge is 2.14. The number of H-pyrrole nitrogens is 2. The van der Waals surface area contributed by atoms with Crippen molar-refractivity contribution in [3.63, 3.8) is 0 Å². The molecule has 2 aromatic rings. The van der Waals surface area contributed by atoms with Crippen LogP contribution in [0, 0.1) is 0 Å². The van der Waals surface area contributed by atoms with E-state index < -0.39 is 5.97 Å². The number of carbonyl (C=O) groups is 1. The van der Waals surface area contributed by atoms with Crippen molar-refractivity contribution in [3.05, 3.63) is 24.3 Å². The number of hydrogen-bond donors (Lipinski definition) is 3. The van der Waals surface area contributed by atoms with Crippen molar-refractivity contribution in [2.75, 3.05) is 0 Å². The molecule has 66 valence electrons.